The Morgan fingerprint density at radius 2 is 1.58 bits per heavy atom. The van der Waals surface area contributed by atoms with Gasteiger partial charge in [0.15, 0.2) is 12.4 Å². The van der Waals surface area contributed by atoms with E-state index in [1.54, 1.807) is 51.7 Å². The van der Waals surface area contributed by atoms with Gasteiger partial charge >= 0.3 is 5.97 Å². The Balaban J connectivity index is 2.06. The molecule has 168 valence electrons. The quantitative estimate of drug-likeness (QED) is 0.434. The first kappa shape index (κ1) is 24.4. The Morgan fingerprint density at radius 1 is 0.935 bits per heavy atom. The van der Waals surface area contributed by atoms with Crippen LogP contribution >= 0.6 is 0 Å². The zero-order valence-corrected chi connectivity index (χ0v) is 18.7. The molecule has 2 rings (SSSR count). The molecule has 0 spiro atoms. The van der Waals surface area contributed by atoms with E-state index in [9.17, 15) is 9.59 Å². The highest BCUT2D eigenvalue weighted by Gasteiger charge is 2.27. The van der Waals surface area contributed by atoms with Crippen molar-refractivity contribution >= 4 is 17.6 Å². The lowest BCUT2D eigenvalue weighted by molar-refractivity contribution is -0.156. The van der Waals surface area contributed by atoms with Crippen LogP contribution in [-0.2, 0) is 36.6 Å². The van der Waals surface area contributed by atoms with Crippen LogP contribution in [-0.4, -0.2) is 45.6 Å². The molecule has 0 radical (unpaired) electrons. The van der Waals surface area contributed by atoms with Gasteiger partial charge in [0, 0.05) is 26.3 Å². The summed E-state index contributed by atoms with van der Waals surface area (Å²) in [5.74, 6) is -0.333. The first-order valence-corrected chi connectivity index (χ1v) is 10.1. The van der Waals surface area contributed by atoms with Crippen molar-refractivity contribution in [1.29, 1.82) is 0 Å². The van der Waals surface area contributed by atoms with Gasteiger partial charge in [0.1, 0.15) is 5.75 Å². The smallest absolute Gasteiger partial charge is 0.311 e. The van der Waals surface area contributed by atoms with Crippen molar-refractivity contribution < 1.29 is 28.5 Å². The molecule has 0 heterocycles. The second-order valence-electron chi connectivity index (χ2n) is 7.43. The molecule has 0 aliphatic rings. The third-order valence-electron chi connectivity index (χ3n) is 4.82. The number of anilines is 1. The number of methoxy groups -OCH3 is 3. The lowest BCUT2D eigenvalue weighted by Gasteiger charge is -2.22. The molecule has 1 amide bonds. The molecule has 0 saturated carbocycles. The number of nitrogens with one attached hydrogen (secondary N) is 1. The fraction of sp³-hybridized carbons (Fsp3) is 0.417. The third kappa shape index (κ3) is 7.38. The van der Waals surface area contributed by atoms with Crippen LogP contribution in [0.25, 0.3) is 0 Å². The van der Waals surface area contributed by atoms with Crippen molar-refractivity contribution in [3.05, 3.63) is 59.7 Å². The van der Waals surface area contributed by atoms with Crippen LogP contribution in [0.15, 0.2) is 48.5 Å². The second kappa shape index (κ2) is 12.1. The molecule has 0 aliphatic heterocycles. The molecule has 2 aromatic rings. The van der Waals surface area contributed by atoms with Gasteiger partial charge < -0.3 is 24.3 Å². The molecule has 0 saturated heterocycles. The predicted octanol–water partition coefficient (Wildman–Crippen LogP) is 3.61. The first-order chi connectivity index (χ1) is 14.9. The van der Waals surface area contributed by atoms with E-state index < -0.39 is 18.4 Å². The van der Waals surface area contributed by atoms with Crippen molar-refractivity contribution in [3.8, 4) is 5.75 Å². The Hall–Kier alpha value is -2.90. The Bertz CT molecular complexity index is 845. The van der Waals surface area contributed by atoms with Crippen LogP contribution in [0.5, 0.6) is 5.75 Å². The molecule has 31 heavy (non-hydrogen) atoms. The Morgan fingerprint density at radius 3 is 2.16 bits per heavy atom. The number of carbonyl (C=O) groups excluding carboxylic acids is 2. The highest BCUT2D eigenvalue weighted by molar-refractivity contribution is 5.96. The maximum Gasteiger partial charge on any atom is 0.311 e. The van der Waals surface area contributed by atoms with E-state index in [1.807, 2.05) is 32.0 Å². The van der Waals surface area contributed by atoms with E-state index in [4.69, 9.17) is 18.9 Å². The minimum atomic E-state index is -0.917. The van der Waals surface area contributed by atoms with Gasteiger partial charge in [-0.25, -0.2) is 0 Å². The van der Waals surface area contributed by atoms with E-state index in [2.05, 4.69) is 5.32 Å². The fourth-order valence-corrected chi connectivity index (χ4v) is 3.05. The third-order valence-corrected chi connectivity index (χ3v) is 4.82. The summed E-state index contributed by atoms with van der Waals surface area (Å²) in [6.07, 6.45) is -0.811. The lowest BCUT2D eigenvalue weighted by Crippen LogP contribution is -2.37. The monoisotopic (exact) mass is 429 g/mol. The number of para-hydroxylation sites is 1. The lowest BCUT2D eigenvalue weighted by atomic mass is 10.0. The number of ether oxygens (including phenoxy) is 4. The number of esters is 1. The first-order valence-electron chi connectivity index (χ1n) is 10.1. The average molecular weight is 430 g/mol. The molecular formula is C24H31NO6. The van der Waals surface area contributed by atoms with Crippen molar-refractivity contribution in [2.45, 2.75) is 39.1 Å². The molecule has 7 heteroatoms. The minimum absolute atomic E-state index is 0.0699. The van der Waals surface area contributed by atoms with Gasteiger partial charge in [0.05, 0.1) is 13.5 Å². The number of amides is 1. The van der Waals surface area contributed by atoms with Gasteiger partial charge in [-0.1, -0.05) is 44.2 Å². The summed E-state index contributed by atoms with van der Waals surface area (Å²) < 4.78 is 21.2. The van der Waals surface area contributed by atoms with E-state index in [-0.39, 0.29) is 18.2 Å². The van der Waals surface area contributed by atoms with Crippen molar-refractivity contribution in [2.24, 2.45) is 5.92 Å². The Kier molecular flexibility index (Phi) is 9.49. The largest absolute Gasteiger partial charge is 0.497 e. The standard InChI is InChI=1S/C24H31NO6/c1-16(2)23(31-21(26)14-17-10-12-19(28-3)13-11-17)24(27)25-20-9-7-6-8-18(20)15-22(29-4)30-5/h6-13,16,22-23H,14-15H2,1-5H3,(H,25,27). The highest BCUT2D eigenvalue weighted by Crippen LogP contribution is 2.20. The molecule has 1 unspecified atom stereocenters. The van der Waals surface area contributed by atoms with Crippen LogP contribution < -0.4 is 10.1 Å². The zero-order chi connectivity index (χ0) is 22.8. The second-order valence-corrected chi connectivity index (χ2v) is 7.43. The normalized spacial score (nSPS) is 12.0. The van der Waals surface area contributed by atoms with Gasteiger partial charge in [-0.3, -0.25) is 9.59 Å². The van der Waals surface area contributed by atoms with Gasteiger partial charge in [-0.05, 0) is 35.2 Å². The van der Waals surface area contributed by atoms with Crippen LogP contribution in [0.2, 0.25) is 0 Å². The van der Waals surface area contributed by atoms with Crippen LogP contribution in [0.4, 0.5) is 5.69 Å². The summed E-state index contributed by atoms with van der Waals surface area (Å²) >= 11 is 0. The Labute approximate surface area is 183 Å². The summed E-state index contributed by atoms with van der Waals surface area (Å²) in [5.41, 5.74) is 2.27. The highest BCUT2D eigenvalue weighted by atomic mass is 16.7. The minimum Gasteiger partial charge on any atom is -0.497 e. The molecule has 2 aromatic carbocycles. The topological polar surface area (TPSA) is 83.1 Å². The van der Waals surface area contributed by atoms with Crippen molar-refractivity contribution in [3.63, 3.8) is 0 Å². The van der Waals surface area contributed by atoms with E-state index in [0.29, 0.717) is 17.9 Å². The molecule has 0 aliphatic carbocycles. The van der Waals surface area contributed by atoms with Crippen LogP contribution in [0, 0.1) is 5.92 Å². The zero-order valence-electron chi connectivity index (χ0n) is 18.7. The number of hydrogen-bond acceptors (Lipinski definition) is 6. The van der Waals surface area contributed by atoms with E-state index in [0.717, 1.165) is 11.1 Å². The predicted molar refractivity (Wildman–Crippen MR) is 118 cm³/mol. The number of rotatable bonds is 11. The molecule has 0 fully saturated rings. The van der Waals surface area contributed by atoms with E-state index >= 15 is 0 Å². The van der Waals surface area contributed by atoms with Gasteiger partial charge in [0.25, 0.3) is 5.91 Å². The molecular weight excluding hydrogens is 398 g/mol. The van der Waals surface area contributed by atoms with Gasteiger partial charge in [-0.2, -0.15) is 0 Å². The van der Waals surface area contributed by atoms with Crippen molar-refractivity contribution in [2.75, 3.05) is 26.6 Å². The number of hydrogen-bond donors (Lipinski definition) is 1. The molecule has 0 bridgehead atoms. The van der Waals surface area contributed by atoms with E-state index in [1.165, 1.54) is 0 Å². The van der Waals surface area contributed by atoms with Crippen molar-refractivity contribution in [1.82, 2.24) is 0 Å². The summed E-state index contributed by atoms with van der Waals surface area (Å²) in [7, 11) is 4.71. The van der Waals surface area contributed by atoms with Gasteiger partial charge in [0.2, 0.25) is 0 Å². The molecule has 1 N–H and O–H groups in total. The van der Waals surface area contributed by atoms with Gasteiger partial charge in [-0.15, -0.1) is 0 Å². The average Bonchev–Trinajstić information content (AvgIpc) is 2.77. The number of benzene rings is 2. The summed E-state index contributed by atoms with van der Waals surface area (Å²) in [6.45, 7) is 3.67. The van der Waals surface area contributed by atoms with Crippen LogP contribution in [0.1, 0.15) is 25.0 Å². The summed E-state index contributed by atoms with van der Waals surface area (Å²) in [4.78, 5) is 25.4. The SMILES string of the molecule is COc1ccc(CC(=O)OC(C(=O)Nc2ccccc2CC(OC)OC)C(C)C)cc1. The summed E-state index contributed by atoms with van der Waals surface area (Å²) in [5, 5.41) is 2.89. The van der Waals surface area contributed by atoms with Crippen LogP contribution in [0.3, 0.4) is 0 Å². The fourth-order valence-electron chi connectivity index (χ4n) is 3.05. The summed E-state index contributed by atoms with van der Waals surface area (Å²) in [6, 6.07) is 14.5. The maximum atomic E-state index is 12.9. The maximum absolute atomic E-state index is 12.9. The number of carbonyl (C=O) groups is 2. The molecule has 1 atom stereocenters. The molecule has 7 nitrogen and oxygen atoms in total. The molecule has 0 aromatic heterocycles.